The lowest BCUT2D eigenvalue weighted by atomic mass is 10.0. The maximum Gasteiger partial charge on any atom is 0.118 e. The van der Waals surface area contributed by atoms with Crippen molar-refractivity contribution in [3.05, 3.63) is 59.9 Å². The van der Waals surface area contributed by atoms with E-state index in [9.17, 15) is 0 Å². The molecule has 2 aromatic carbocycles. The SMILES string of the molecule is COCCn1c2cnccc2c2cc(Cl)cc(-c3ccc(OC)cc3)c21. The highest BCUT2D eigenvalue weighted by Crippen LogP contribution is 2.38. The van der Waals surface area contributed by atoms with Crippen molar-refractivity contribution in [1.29, 1.82) is 0 Å². The number of nitrogens with zero attached hydrogens (tertiary/aromatic N) is 2. The molecule has 0 atom stereocenters. The Bertz CT molecular complexity index is 1070. The number of fused-ring (bicyclic) bond motifs is 3. The van der Waals surface area contributed by atoms with Crippen LogP contribution in [0, 0.1) is 0 Å². The molecule has 0 spiro atoms. The van der Waals surface area contributed by atoms with Crippen LogP contribution < -0.4 is 4.74 Å². The van der Waals surface area contributed by atoms with Crippen LogP contribution in [0.2, 0.25) is 5.02 Å². The number of aromatic nitrogens is 2. The summed E-state index contributed by atoms with van der Waals surface area (Å²) in [5.74, 6) is 0.830. The Kier molecular flexibility index (Phi) is 4.53. The summed E-state index contributed by atoms with van der Waals surface area (Å²) in [6.07, 6.45) is 3.72. The molecule has 26 heavy (non-hydrogen) atoms. The second-order valence-electron chi connectivity index (χ2n) is 6.12. The Balaban J connectivity index is 2.05. The summed E-state index contributed by atoms with van der Waals surface area (Å²) in [6, 6.07) is 14.1. The zero-order valence-electron chi connectivity index (χ0n) is 14.7. The molecule has 0 fully saturated rings. The molecule has 0 unspecified atom stereocenters. The zero-order valence-corrected chi connectivity index (χ0v) is 15.5. The fourth-order valence-corrected chi connectivity index (χ4v) is 3.67. The highest BCUT2D eigenvalue weighted by molar-refractivity contribution is 6.32. The van der Waals surface area contributed by atoms with Crippen molar-refractivity contribution in [3.63, 3.8) is 0 Å². The summed E-state index contributed by atoms with van der Waals surface area (Å²) in [6.45, 7) is 1.37. The maximum atomic E-state index is 6.47. The van der Waals surface area contributed by atoms with E-state index in [-0.39, 0.29) is 0 Å². The number of methoxy groups -OCH3 is 2. The third-order valence-electron chi connectivity index (χ3n) is 4.65. The Morgan fingerprint density at radius 1 is 1.04 bits per heavy atom. The van der Waals surface area contributed by atoms with E-state index >= 15 is 0 Å². The number of benzene rings is 2. The lowest BCUT2D eigenvalue weighted by Crippen LogP contribution is -2.04. The van der Waals surface area contributed by atoms with E-state index in [1.54, 1.807) is 14.2 Å². The lowest BCUT2D eigenvalue weighted by molar-refractivity contribution is 0.189. The number of pyridine rings is 1. The minimum atomic E-state index is 0.623. The largest absolute Gasteiger partial charge is 0.497 e. The molecule has 0 saturated carbocycles. The molecule has 0 bridgehead atoms. The predicted molar refractivity (Wildman–Crippen MR) is 106 cm³/mol. The van der Waals surface area contributed by atoms with E-state index in [0.717, 1.165) is 45.2 Å². The Hall–Kier alpha value is -2.56. The van der Waals surface area contributed by atoms with Crippen LogP contribution in [-0.4, -0.2) is 30.4 Å². The first-order valence-corrected chi connectivity index (χ1v) is 8.79. The molecular weight excluding hydrogens is 348 g/mol. The van der Waals surface area contributed by atoms with Gasteiger partial charge in [0.25, 0.3) is 0 Å². The Morgan fingerprint density at radius 3 is 2.58 bits per heavy atom. The summed E-state index contributed by atoms with van der Waals surface area (Å²) >= 11 is 6.47. The van der Waals surface area contributed by atoms with Gasteiger partial charge in [-0.2, -0.15) is 0 Å². The van der Waals surface area contributed by atoms with Crippen molar-refractivity contribution in [2.75, 3.05) is 20.8 Å². The van der Waals surface area contributed by atoms with Crippen molar-refractivity contribution in [1.82, 2.24) is 9.55 Å². The standard InChI is InChI=1S/C21H19ClN2O2/c1-25-10-9-24-20-13-23-8-7-17(20)19-12-15(22)11-18(21(19)24)14-3-5-16(26-2)6-4-14/h3-8,11-13H,9-10H2,1-2H3. The monoisotopic (exact) mass is 366 g/mol. The maximum absolute atomic E-state index is 6.47. The molecule has 0 aliphatic rings. The molecule has 0 aliphatic carbocycles. The molecule has 4 aromatic rings. The van der Waals surface area contributed by atoms with Gasteiger partial charge in [0, 0.05) is 41.2 Å². The van der Waals surface area contributed by atoms with Gasteiger partial charge < -0.3 is 14.0 Å². The molecule has 0 aliphatic heterocycles. The first-order valence-electron chi connectivity index (χ1n) is 8.41. The average molecular weight is 367 g/mol. The first-order chi connectivity index (χ1) is 12.7. The molecule has 0 amide bonds. The van der Waals surface area contributed by atoms with Gasteiger partial charge in [-0.25, -0.2) is 0 Å². The molecule has 4 rings (SSSR count). The van der Waals surface area contributed by atoms with Crippen LogP contribution in [0.15, 0.2) is 54.9 Å². The molecule has 2 aromatic heterocycles. The Morgan fingerprint density at radius 2 is 1.85 bits per heavy atom. The molecule has 132 valence electrons. The van der Waals surface area contributed by atoms with Gasteiger partial charge in [-0.1, -0.05) is 23.7 Å². The summed E-state index contributed by atoms with van der Waals surface area (Å²) < 4.78 is 12.9. The van der Waals surface area contributed by atoms with Gasteiger partial charge in [0.1, 0.15) is 5.75 Å². The van der Waals surface area contributed by atoms with Crippen LogP contribution in [0.4, 0.5) is 0 Å². The number of hydrogen-bond donors (Lipinski definition) is 0. The van der Waals surface area contributed by atoms with Gasteiger partial charge >= 0.3 is 0 Å². The van der Waals surface area contributed by atoms with E-state index in [0.29, 0.717) is 11.6 Å². The molecule has 2 heterocycles. The summed E-state index contributed by atoms with van der Waals surface area (Å²) in [7, 11) is 3.38. The Labute approximate surface area is 156 Å². The smallest absolute Gasteiger partial charge is 0.118 e. The van der Waals surface area contributed by atoms with Crippen molar-refractivity contribution < 1.29 is 9.47 Å². The van der Waals surface area contributed by atoms with Gasteiger partial charge in [-0.15, -0.1) is 0 Å². The van der Waals surface area contributed by atoms with Crippen LogP contribution in [0.1, 0.15) is 0 Å². The molecule has 0 radical (unpaired) electrons. The minimum absolute atomic E-state index is 0.623. The minimum Gasteiger partial charge on any atom is -0.497 e. The molecule has 0 N–H and O–H groups in total. The van der Waals surface area contributed by atoms with Gasteiger partial charge in [0.2, 0.25) is 0 Å². The number of rotatable bonds is 5. The van der Waals surface area contributed by atoms with Gasteiger partial charge in [0.05, 0.1) is 30.9 Å². The average Bonchev–Trinajstić information content (AvgIpc) is 2.99. The third kappa shape index (κ3) is 2.81. The quantitative estimate of drug-likeness (QED) is 0.489. The second-order valence-corrected chi connectivity index (χ2v) is 6.55. The van der Waals surface area contributed by atoms with E-state index < -0.39 is 0 Å². The van der Waals surface area contributed by atoms with Crippen LogP contribution >= 0.6 is 11.6 Å². The highest BCUT2D eigenvalue weighted by Gasteiger charge is 2.16. The van der Waals surface area contributed by atoms with E-state index in [1.807, 2.05) is 42.7 Å². The van der Waals surface area contributed by atoms with Crippen molar-refractivity contribution in [3.8, 4) is 16.9 Å². The van der Waals surface area contributed by atoms with Crippen LogP contribution in [0.25, 0.3) is 32.9 Å². The molecule has 0 saturated heterocycles. The van der Waals surface area contributed by atoms with Gasteiger partial charge in [-0.05, 0) is 35.9 Å². The van der Waals surface area contributed by atoms with E-state index in [4.69, 9.17) is 21.1 Å². The van der Waals surface area contributed by atoms with Crippen molar-refractivity contribution >= 4 is 33.4 Å². The number of halogens is 1. The van der Waals surface area contributed by atoms with E-state index in [1.165, 1.54) is 0 Å². The normalized spacial score (nSPS) is 11.3. The van der Waals surface area contributed by atoms with Crippen LogP contribution in [0.3, 0.4) is 0 Å². The molecular formula is C21H19ClN2O2. The molecule has 4 nitrogen and oxygen atoms in total. The summed E-state index contributed by atoms with van der Waals surface area (Å²) in [4.78, 5) is 4.31. The van der Waals surface area contributed by atoms with Crippen molar-refractivity contribution in [2.24, 2.45) is 0 Å². The van der Waals surface area contributed by atoms with Gasteiger partial charge in [0.15, 0.2) is 0 Å². The zero-order chi connectivity index (χ0) is 18.1. The fourth-order valence-electron chi connectivity index (χ4n) is 3.45. The van der Waals surface area contributed by atoms with Crippen LogP contribution in [0.5, 0.6) is 5.75 Å². The number of hydrogen-bond acceptors (Lipinski definition) is 3. The summed E-state index contributed by atoms with van der Waals surface area (Å²) in [5, 5.41) is 2.98. The predicted octanol–water partition coefficient (Wildman–Crippen LogP) is 5.16. The van der Waals surface area contributed by atoms with Crippen LogP contribution in [-0.2, 0) is 11.3 Å². The highest BCUT2D eigenvalue weighted by atomic mass is 35.5. The fraction of sp³-hybridized carbons (Fsp3) is 0.190. The topological polar surface area (TPSA) is 36.3 Å². The first kappa shape index (κ1) is 16.9. The molecule has 5 heteroatoms. The van der Waals surface area contributed by atoms with Crippen molar-refractivity contribution in [2.45, 2.75) is 6.54 Å². The third-order valence-corrected chi connectivity index (χ3v) is 4.86. The van der Waals surface area contributed by atoms with Gasteiger partial charge in [-0.3, -0.25) is 4.98 Å². The number of ether oxygens (including phenoxy) is 2. The summed E-state index contributed by atoms with van der Waals surface area (Å²) in [5.41, 5.74) is 4.39. The lowest BCUT2D eigenvalue weighted by Gasteiger charge is -2.12. The second kappa shape index (κ2) is 6.98. The van der Waals surface area contributed by atoms with E-state index in [2.05, 4.69) is 21.7 Å².